The minimum Gasteiger partial charge on any atom is -0.352 e. The fourth-order valence-electron chi connectivity index (χ4n) is 3.10. The van der Waals surface area contributed by atoms with Gasteiger partial charge < -0.3 is 10.6 Å². The molecule has 2 aromatic rings. The molecule has 0 saturated heterocycles. The molecule has 0 atom stereocenters. The highest BCUT2D eigenvalue weighted by Gasteiger charge is 2.13. The fourth-order valence-corrected chi connectivity index (χ4v) is 3.10. The number of carbonyl (C=O) groups is 2. The van der Waals surface area contributed by atoms with Crippen LogP contribution >= 0.6 is 0 Å². The molecule has 0 radical (unpaired) electrons. The zero-order chi connectivity index (χ0) is 17.5. The van der Waals surface area contributed by atoms with Crippen molar-refractivity contribution in [1.82, 2.24) is 10.6 Å². The first kappa shape index (κ1) is 17.4. The molecule has 3 rings (SSSR count). The van der Waals surface area contributed by atoms with E-state index in [2.05, 4.69) is 16.7 Å². The van der Waals surface area contributed by atoms with E-state index in [4.69, 9.17) is 0 Å². The lowest BCUT2D eigenvalue weighted by Gasteiger charge is -2.08. The van der Waals surface area contributed by atoms with Crippen LogP contribution in [0.4, 0.5) is 0 Å². The van der Waals surface area contributed by atoms with Crippen molar-refractivity contribution in [2.45, 2.75) is 32.2 Å². The summed E-state index contributed by atoms with van der Waals surface area (Å²) >= 11 is 0. The second-order valence-electron chi connectivity index (χ2n) is 6.42. The molecule has 1 amide bonds. The molecular weight excluding hydrogens is 312 g/mol. The Hall–Kier alpha value is -2.46. The van der Waals surface area contributed by atoms with Gasteiger partial charge in [-0.2, -0.15) is 0 Å². The van der Waals surface area contributed by atoms with E-state index in [1.807, 2.05) is 42.5 Å². The highest BCUT2D eigenvalue weighted by molar-refractivity contribution is 5.98. The molecule has 0 bridgehead atoms. The van der Waals surface area contributed by atoms with Crippen LogP contribution in [-0.4, -0.2) is 24.8 Å². The monoisotopic (exact) mass is 336 g/mol. The molecule has 25 heavy (non-hydrogen) atoms. The number of rotatable bonds is 6. The highest BCUT2D eigenvalue weighted by atomic mass is 16.2. The van der Waals surface area contributed by atoms with Gasteiger partial charge in [0.1, 0.15) is 0 Å². The number of carbonyl (C=O) groups excluding carboxylic acids is 2. The summed E-state index contributed by atoms with van der Waals surface area (Å²) < 4.78 is 0. The van der Waals surface area contributed by atoms with Crippen molar-refractivity contribution in [1.29, 1.82) is 0 Å². The Labute approximate surface area is 148 Å². The second-order valence-corrected chi connectivity index (χ2v) is 6.42. The van der Waals surface area contributed by atoms with Crippen LogP contribution in [-0.2, 0) is 24.2 Å². The predicted molar refractivity (Wildman–Crippen MR) is 98.6 cm³/mol. The molecule has 0 spiro atoms. The van der Waals surface area contributed by atoms with E-state index in [0.29, 0.717) is 6.54 Å². The first-order chi connectivity index (χ1) is 12.2. The second kappa shape index (κ2) is 8.58. The largest absolute Gasteiger partial charge is 0.352 e. The number of hydrogen-bond donors (Lipinski definition) is 2. The number of fused-ring (bicyclic) bond motifs is 1. The van der Waals surface area contributed by atoms with Crippen molar-refractivity contribution in [2.24, 2.45) is 0 Å². The van der Waals surface area contributed by atoms with E-state index in [-0.39, 0.29) is 24.5 Å². The molecule has 1 heterocycles. The highest BCUT2D eigenvalue weighted by Crippen LogP contribution is 2.17. The average Bonchev–Trinajstić information content (AvgIpc) is 2.90. The quantitative estimate of drug-likeness (QED) is 0.798. The molecule has 4 nitrogen and oxygen atoms in total. The lowest BCUT2D eigenvalue weighted by Crippen LogP contribution is -2.23. The van der Waals surface area contributed by atoms with Gasteiger partial charge in [-0.3, -0.25) is 9.59 Å². The summed E-state index contributed by atoms with van der Waals surface area (Å²) in [6.07, 6.45) is 2.43. The van der Waals surface area contributed by atoms with Gasteiger partial charge in [0.05, 0.1) is 0 Å². The van der Waals surface area contributed by atoms with Crippen LogP contribution in [0.25, 0.3) is 0 Å². The van der Waals surface area contributed by atoms with Crippen molar-refractivity contribution >= 4 is 11.7 Å². The smallest absolute Gasteiger partial charge is 0.220 e. The van der Waals surface area contributed by atoms with E-state index in [0.717, 1.165) is 37.1 Å². The van der Waals surface area contributed by atoms with Gasteiger partial charge in [0, 0.05) is 24.9 Å². The van der Waals surface area contributed by atoms with Gasteiger partial charge in [0.2, 0.25) is 5.91 Å². The summed E-state index contributed by atoms with van der Waals surface area (Å²) in [5.74, 6) is -0.0500. The molecule has 0 saturated carbocycles. The Bertz CT molecular complexity index is 741. The predicted octanol–water partition coefficient (Wildman–Crippen LogP) is 2.65. The van der Waals surface area contributed by atoms with Crippen molar-refractivity contribution in [2.75, 3.05) is 13.1 Å². The Morgan fingerprint density at radius 3 is 2.48 bits per heavy atom. The third-order valence-electron chi connectivity index (χ3n) is 4.58. The van der Waals surface area contributed by atoms with Gasteiger partial charge in [0.15, 0.2) is 5.78 Å². The topological polar surface area (TPSA) is 58.2 Å². The Morgan fingerprint density at radius 1 is 0.920 bits per heavy atom. The first-order valence-electron chi connectivity index (χ1n) is 8.89. The SMILES string of the molecule is O=C(CCC(=O)c1ccc2c(c1)CCNCC2)NCc1ccccc1. The van der Waals surface area contributed by atoms with Gasteiger partial charge in [-0.1, -0.05) is 42.5 Å². The van der Waals surface area contributed by atoms with Gasteiger partial charge in [-0.25, -0.2) is 0 Å². The molecule has 2 aromatic carbocycles. The standard InChI is InChI=1S/C21H24N2O2/c24-20(8-9-21(25)23-15-16-4-2-1-3-5-16)19-7-6-17-10-12-22-13-11-18(17)14-19/h1-7,14,22H,8-13,15H2,(H,23,25). The zero-order valence-electron chi connectivity index (χ0n) is 14.4. The third kappa shape index (κ3) is 5.00. The Morgan fingerprint density at radius 2 is 1.68 bits per heavy atom. The molecule has 2 N–H and O–H groups in total. The van der Waals surface area contributed by atoms with E-state index >= 15 is 0 Å². The minimum atomic E-state index is -0.0869. The summed E-state index contributed by atoms with van der Waals surface area (Å²) in [5.41, 5.74) is 4.35. The zero-order valence-corrected chi connectivity index (χ0v) is 14.4. The fraction of sp³-hybridized carbons (Fsp3) is 0.333. The summed E-state index contributed by atoms with van der Waals surface area (Å²) in [5, 5.41) is 6.24. The number of Topliss-reactive ketones (excluding diaryl/α,β-unsaturated/α-hetero) is 1. The number of nitrogens with one attached hydrogen (secondary N) is 2. The molecular formula is C21H24N2O2. The van der Waals surface area contributed by atoms with Crippen molar-refractivity contribution in [3.63, 3.8) is 0 Å². The van der Waals surface area contributed by atoms with Gasteiger partial charge >= 0.3 is 0 Å². The molecule has 1 aliphatic rings. The first-order valence-corrected chi connectivity index (χ1v) is 8.89. The molecule has 0 aromatic heterocycles. The van der Waals surface area contributed by atoms with Crippen LogP contribution < -0.4 is 10.6 Å². The normalized spacial score (nSPS) is 13.6. The van der Waals surface area contributed by atoms with Crippen LogP contribution in [0.1, 0.15) is 39.9 Å². The third-order valence-corrected chi connectivity index (χ3v) is 4.58. The molecule has 4 heteroatoms. The van der Waals surface area contributed by atoms with Crippen molar-refractivity contribution in [3.05, 3.63) is 70.8 Å². The van der Waals surface area contributed by atoms with Crippen molar-refractivity contribution < 1.29 is 9.59 Å². The van der Waals surface area contributed by atoms with Gasteiger partial charge in [-0.15, -0.1) is 0 Å². The summed E-state index contributed by atoms with van der Waals surface area (Å²) in [6.45, 7) is 2.44. The number of benzene rings is 2. The number of ketones is 1. The molecule has 0 aliphatic carbocycles. The van der Waals surface area contributed by atoms with E-state index in [9.17, 15) is 9.59 Å². The van der Waals surface area contributed by atoms with Crippen LogP contribution in [0.5, 0.6) is 0 Å². The summed E-state index contributed by atoms with van der Waals surface area (Å²) in [6, 6.07) is 15.7. The summed E-state index contributed by atoms with van der Waals surface area (Å²) in [7, 11) is 0. The van der Waals surface area contributed by atoms with Crippen LogP contribution in [0.2, 0.25) is 0 Å². The molecule has 1 aliphatic heterocycles. The number of hydrogen-bond acceptors (Lipinski definition) is 3. The lowest BCUT2D eigenvalue weighted by molar-refractivity contribution is -0.121. The van der Waals surface area contributed by atoms with Crippen molar-refractivity contribution in [3.8, 4) is 0 Å². The van der Waals surface area contributed by atoms with E-state index in [1.165, 1.54) is 11.1 Å². The maximum absolute atomic E-state index is 12.4. The average molecular weight is 336 g/mol. The minimum absolute atomic E-state index is 0.0369. The molecule has 0 fully saturated rings. The molecule has 130 valence electrons. The maximum Gasteiger partial charge on any atom is 0.220 e. The maximum atomic E-state index is 12.4. The lowest BCUT2D eigenvalue weighted by atomic mass is 9.97. The van der Waals surface area contributed by atoms with Crippen LogP contribution in [0.3, 0.4) is 0 Å². The van der Waals surface area contributed by atoms with E-state index < -0.39 is 0 Å². The van der Waals surface area contributed by atoms with E-state index in [1.54, 1.807) is 0 Å². The van der Waals surface area contributed by atoms with Gasteiger partial charge in [0.25, 0.3) is 0 Å². The number of amides is 1. The van der Waals surface area contributed by atoms with Gasteiger partial charge in [-0.05, 0) is 48.7 Å². The molecule has 0 unspecified atom stereocenters. The van der Waals surface area contributed by atoms with Crippen LogP contribution in [0.15, 0.2) is 48.5 Å². The Kier molecular flexibility index (Phi) is 5.96. The Balaban J connectivity index is 1.50. The van der Waals surface area contributed by atoms with Crippen LogP contribution in [0, 0.1) is 0 Å². The summed E-state index contributed by atoms with van der Waals surface area (Å²) in [4.78, 5) is 24.4.